The Kier molecular flexibility index (Phi) is 4.44. The summed E-state index contributed by atoms with van der Waals surface area (Å²) in [6, 6.07) is 1.98. The van der Waals surface area contributed by atoms with Crippen LogP contribution in [0.4, 0.5) is 14.5 Å². The Balaban J connectivity index is 0.00000121. The minimum atomic E-state index is -0.597. The summed E-state index contributed by atoms with van der Waals surface area (Å²) in [7, 11) is 0. The van der Waals surface area contributed by atoms with E-state index in [4.69, 9.17) is 5.84 Å². The smallest absolute Gasteiger partial charge is 0.148 e. The lowest BCUT2D eigenvalue weighted by Crippen LogP contribution is -2.08. The number of benzene rings is 1. The number of nitrogen functional groups attached to an aromatic ring is 1. The van der Waals surface area contributed by atoms with Gasteiger partial charge >= 0.3 is 0 Å². The van der Waals surface area contributed by atoms with E-state index >= 15 is 0 Å². The van der Waals surface area contributed by atoms with Crippen LogP contribution in [0.15, 0.2) is 16.6 Å². The van der Waals surface area contributed by atoms with Crippen LogP contribution in [0.2, 0.25) is 0 Å². The summed E-state index contributed by atoms with van der Waals surface area (Å²) >= 11 is 2.83. The van der Waals surface area contributed by atoms with Crippen LogP contribution in [0.3, 0.4) is 0 Å². The van der Waals surface area contributed by atoms with Gasteiger partial charge in [-0.05, 0) is 22.0 Å². The molecule has 3 N–H and O–H groups in total. The first-order valence-corrected chi connectivity index (χ1v) is 3.55. The van der Waals surface area contributed by atoms with Gasteiger partial charge < -0.3 is 5.43 Å². The van der Waals surface area contributed by atoms with Crippen LogP contribution >= 0.6 is 28.3 Å². The van der Waals surface area contributed by atoms with Crippen LogP contribution in [0.5, 0.6) is 0 Å². The molecule has 0 aliphatic rings. The first-order chi connectivity index (χ1) is 5.15. The van der Waals surface area contributed by atoms with Gasteiger partial charge in [-0.25, -0.2) is 8.78 Å². The third-order valence-corrected chi connectivity index (χ3v) is 1.77. The van der Waals surface area contributed by atoms with Crippen LogP contribution in [-0.4, -0.2) is 0 Å². The second-order valence-electron chi connectivity index (χ2n) is 1.89. The van der Waals surface area contributed by atoms with E-state index in [-0.39, 0.29) is 22.6 Å². The topological polar surface area (TPSA) is 38.0 Å². The standard InChI is InChI=1S/C6H5BrF2N2.ClH/c7-3-1-5(9)6(11-10)2-4(3)8;/h1-2,11H,10H2;1H. The Labute approximate surface area is 82.6 Å². The van der Waals surface area contributed by atoms with Crippen molar-refractivity contribution < 1.29 is 8.78 Å². The summed E-state index contributed by atoms with van der Waals surface area (Å²) < 4.78 is 25.4. The zero-order valence-electron chi connectivity index (χ0n) is 5.77. The Hall–Kier alpha value is -0.390. The number of halogens is 4. The average Bonchev–Trinajstić information content (AvgIpc) is 1.97. The van der Waals surface area contributed by atoms with E-state index in [1.54, 1.807) is 0 Å². The molecule has 0 saturated carbocycles. The van der Waals surface area contributed by atoms with Gasteiger partial charge in [0.15, 0.2) is 0 Å². The third-order valence-electron chi connectivity index (χ3n) is 1.17. The van der Waals surface area contributed by atoms with Crippen molar-refractivity contribution >= 4 is 34.0 Å². The summed E-state index contributed by atoms with van der Waals surface area (Å²) in [5, 5.41) is 0. The van der Waals surface area contributed by atoms with Crippen LogP contribution < -0.4 is 11.3 Å². The SMILES string of the molecule is Cl.NNc1cc(F)c(Br)cc1F. The summed E-state index contributed by atoms with van der Waals surface area (Å²) in [5.74, 6) is 3.74. The van der Waals surface area contributed by atoms with Crippen molar-refractivity contribution in [3.05, 3.63) is 28.2 Å². The van der Waals surface area contributed by atoms with E-state index in [0.717, 1.165) is 12.1 Å². The molecule has 6 heteroatoms. The molecule has 1 aromatic carbocycles. The summed E-state index contributed by atoms with van der Waals surface area (Å²) in [6.45, 7) is 0. The summed E-state index contributed by atoms with van der Waals surface area (Å²) in [5.41, 5.74) is 1.96. The Bertz CT molecular complexity index is 282. The molecule has 1 rings (SSSR count). The third kappa shape index (κ3) is 2.30. The molecule has 68 valence electrons. The van der Waals surface area contributed by atoms with Crippen molar-refractivity contribution in [1.29, 1.82) is 0 Å². The Morgan fingerprint density at radius 1 is 1.25 bits per heavy atom. The van der Waals surface area contributed by atoms with Crippen molar-refractivity contribution in [1.82, 2.24) is 0 Å². The number of anilines is 1. The molecule has 0 aliphatic heterocycles. The van der Waals surface area contributed by atoms with Gasteiger partial charge in [0, 0.05) is 6.07 Å². The van der Waals surface area contributed by atoms with Gasteiger partial charge in [0.1, 0.15) is 11.6 Å². The zero-order valence-corrected chi connectivity index (χ0v) is 8.18. The molecule has 1 aromatic rings. The van der Waals surface area contributed by atoms with E-state index < -0.39 is 11.6 Å². The minimum Gasteiger partial charge on any atom is -0.321 e. The summed E-state index contributed by atoms with van der Waals surface area (Å²) in [4.78, 5) is 0. The van der Waals surface area contributed by atoms with Crippen LogP contribution in [-0.2, 0) is 0 Å². The predicted molar refractivity (Wildman–Crippen MR) is 49.1 cm³/mol. The lowest BCUT2D eigenvalue weighted by molar-refractivity contribution is 0.597. The maximum absolute atomic E-state index is 12.7. The molecule has 0 radical (unpaired) electrons. The molecule has 0 bridgehead atoms. The normalized spacial score (nSPS) is 9.00. The van der Waals surface area contributed by atoms with Crippen molar-refractivity contribution in [2.75, 3.05) is 5.43 Å². The second kappa shape index (κ2) is 4.59. The first kappa shape index (κ1) is 11.6. The molecule has 0 saturated heterocycles. The molecule has 0 amide bonds. The van der Waals surface area contributed by atoms with E-state index in [9.17, 15) is 8.78 Å². The van der Waals surface area contributed by atoms with Crippen molar-refractivity contribution in [3.8, 4) is 0 Å². The lowest BCUT2D eigenvalue weighted by Gasteiger charge is -2.02. The fourth-order valence-electron chi connectivity index (χ4n) is 0.633. The fraction of sp³-hybridized carbons (Fsp3) is 0. The highest BCUT2D eigenvalue weighted by atomic mass is 79.9. The van der Waals surface area contributed by atoms with Crippen molar-refractivity contribution in [2.45, 2.75) is 0 Å². The quantitative estimate of drug-likeness (QED) is 0.462. The van der Waals surface area contributed by atoms with Gasteiger partial charge in [0.25, 0.3) is 0 Å². The molecule has 0 atom stereocenters. The number of hydrogen-bond acceptors (Lipinski definition) is 2. The van der Waals surface area contributed by atoms with Gasteiger partial charge in [-0.3, -0.25) is 5.84 Å². The Morgan fingerprint density at radius 3 is 2.33 bits per heavy atom. The van der Waals surface area contributed by atoms with Gasteiger partial charge in [0.05, 0.1) is 10.2 Å². The molecule has 12 heavy (non-hydrogen) atoms. The maximum atomic E-state index is 12.7. The zero-order chi connectivity index (χ0) is 8.43. The molecular formula is C6H6BrClF2N2. The van der Waals surface area contributed by atoms with Gasteiger partial charge in [-0.2, -0.15) is 0 Å². The van der Waals surface area contributed by atoms with Gasteiger partial charge in [-0.1, -0.05) is 0 Å². The van der Waals surface area contributed by atoms with Crippen LogP contribution in [0.1, 0.15) is 0 Å². The number of nitrogens with one attached hydrogen (secondary N) is 1. The highest BCUT2D eigenvalue weighted by Gasteiger charge is 2.05. The molecule has 0 unspecified atom stereocenters. The van der Waals surface area contributed by atoms with Crippen molar-refractivity contribution in [2.24, 2.45) is 5.84 Å². The van der Waals surface area contributed by atoms with Crippen LogP contribution in [0.25, 0.3) is 0 Å². The molecule has 0 aliphatic carbocycles. The number of rotatable bonds is 1. The lowest BCUT2D eigenvalue weighted by atomic mass is 10.3. The van der Waals surface area contributed by atoms with Crippen LogP contribution in [0, 0.1) is 11.6 Å². The van der Waals surface area contributed by atoms with Gasteiger partial charge in [0.2, 0.25) is 0 Å². The molecule has 0 aromatic heterocycles. The average molecular weight is 259 g/mol. The molecule has 2 nitrogen and oxygen atoms in total. The van der Waals surface area contributed by atoms with Gasteiger partial charge in [-0.15, -0.1) is 12.4 Å². The first-order valence-electron chi connectivity index (χ1n) is 2.76. The van der Waals surface area contributed by atoms with Crippen molar-refractivity contribution in [3.63, 3.8) is 0 Å². The number of hydrazine groups is 1. The minimum absolute atomic E-state index is 0. The van der Waals surface area contributed by atoms with E-state index in [1.165, 1.54) is 0 Å². The fourth-order valence-corrected chi connectivity index (χ4v) is 0.949. The molecule has 0 spiro atoms. The van der Waals surface area contributed by atoms with E-state index in [2.05, 4.69) is 15.9 Å². The molecular weight excluding hydrogens is 253 g/mol. The maximum Gasteiger partial charge on any atom is 0.148 e. The second-order valence-corrected chi connectivity index (χ2v) is 2.74. The molecule has 0 heterocycles. The number of nitrogens with two attached hydrogens (primary N) is 1. The van der Waals surface area contributed by atoms with E-state index in [0.29, 0.717) is 0 Å². The molecule has 0 fully saturated rings. The van der Waals surface area contributed by atoms with E-state index in [1.807, 2.05) is 5.43 Å². The largest absolute Gasteiger partial charge is 0.321 e. The Morgan fingerprint density at radius 2 is 1.83 bits per heavy atom. The predicted octanol–water partition coefficient (Wildman–Crippen LogP) is 2.43. The highest BCUT2D eigenvalue weighted by molar-refractivity contribution is 9.10. The monoisotopic (exact) mass is 258 g/mol. The summed E-state index contributed by atoms with van der Waals surface area (Å²) in [6.07, 6.45) is 0. The number of hydrogen-bond donors (Lipinski definition) is 2. The highest BCUT2D eigenvalue weighted by Crippen LogP contribution is 2.22.